The maximum absolute atomic E-state index is 11.0. The van der Waals surface area contributed by atoms with E-state index in [1.54, 1.807) is 6.08 Å². The zero-order valence-corrected chi connectivity index (χ0v) is 11.6. The van der Waals surface area contributed by atoms with Crippen molar-refractivity contribution in [2.24, 2.45) is 0 Å². The fourth-order valence-corrected chi connectivity index (χ4v) is 2.08. The van der Waals surface area contributed by atoms with E-state index in [-0.39, 0.29) is 18.8 Å². The molecule has 0 aliphatic carbocycles. The van der Waals surface area contributed by atoms with Crippen molar-refractivity contribution in [2.45, 2.75) is 39.9 Å². The molecule has 0 N–H and O–H groups in total. The number of ketones is 1. The molecule has 5 heteroatoms. The molecule has 0 aromatic carbocycles. The number of allylic oxidation sites excluding steroid dienone is 1. The first kappa shape index (κ1) is 14.9. The molecule has 0 saturated heterocycles. The summed E-state index contributed by atoms with van der Waals surface area (Å²) in [4.78, 5) is 21.6. The van der Waals surface area contributed by atoms with Crippen molar-refractivity contribution >= 4 is 20.1 Å². The van der Waals surface area contributed by atoms with Crippen LogP contribution in [0.5, 0.6) is 0 Å². The van der Waals surface area contributed by atoms with Gasteiger partial charge >= 0.3 is 5.97 Å². The first-order chi connectivity index (χ1) is 7.20. The van der Waals surface area contributed by atoms with E-state index < -0.39 is 14.3 Å². The smallest absolute Gasteiger partial charge is 0.313 e. The molecule has 0 aliphatic rings. The highest BCUT2D eigenvalue weighted by Crippen LogP contribution is 2.09. The molecule has 0 aromatic rings. The summed E-state index contributed by atoms with van der Waals surface area (Å²) in [6.07, 6.45) is 1.54. The van der Waals surface area contributed by atoms with Crippen LogP contribution in [0.3, 0.4) is 0 Å². The summed E-state index contributed by atoms with van der Waals surface area (Å²) in [5.74, 6) is 0.0726. The molecule has 0 unspecified atom stereocenters. The Morgan fingerprint density at radius 1 is 1.19 bits per heavy atom. The molecule has 92 valence electrons. The van der Waals surface area contributed by atoms with Crippen LogP contribution in [0.2, 0.25) is 19.6 Å². The number of rotatable bonds is 6. The monoisotopic (exact) mass is 244 g/mol. The largest absolute Gasteiger partial charge is 0.548 e. The molecule has 0 rings (SSSR count). The molecule has 0 radical (unpaired) electrons. The number of hydrogen-bond donors (Lipinski definition) is 0. The fourth-order valence-electron chi connectivity index (χ4n) is 1.03. The van der Waals surface area contributed by atoms with E-state index in [1.807, 2.05) is 6.92 Å². The van der Waals surface area contributed by atoms with Crippen LogP contribution >= 0.6 is 0 Å². The normalized spacial score (nSPS) is 12.2. The van der Waals surface area contributed by atoms with Gasteiger partial charge in [0, 0.05) is 0 Å². The molecule has 4 nitrogen and oxygen atoms in total. The molecule has 0 amide bonds. The van der Waals surface area contributed by atoms with E-state index in [4.69, 9.17) is 9.16 Å². The number of esters is 1. The van der Waals surface area contributed by atoms with E-state index in [0.29, 0.717) is 0 Å². The van der Waals surface area contributed by atoms with Crippen molar-refractivity contribution in [3.05, 3.63) is 11.8 Å². The van der Waals surface area contributed by atoms with Gasteiger partial charge in [-0.2, -0.15) is 0 Å². The average Bonchev–Trinajstić information content (AvgIpc) is 1.98. The van der Waals surface area contributed by atoms with Crippen LogP contribution in [0.25, 0.3) is 0 Å². The highest BCUT2D eigenvalue weighted by molar-refractivity contribution is 6.70. The Bertz CT molecular complexity index is 289. The number of ether oxygens (including phenoxy) is 1. The van der Waals surface area contributed by atoms with Gasteiger partial charge in [-0.15, -0.1) is 0 Å². The minimum atomic E-state index is -1.59. The van der Waals surface area contributed by atoms with E-state index in [9.17, 15) is 9.59 Å². The molecular formula is C11H20O4Si. The van der Waals surface area contributed by atoms with Crippen LogP contribution in [-0.2, 0) is 18.8 Å². The fraction of sp³-hybridized carbons (Fsp3) is 0.636. The standard InChI is InChI=1S/C11H20O4Si/c1-9(12)8-11(13)14-7-6-10(2)15-16(3,4)5/h6H,7-8H2,1-5H3. The van der Waals surface area contributed by atoms with Crippen LogP contribution in [0, 0.1) is 0 Å². The average molecular weight is 244 g/mol. The topological polar surface area (TPSA) is 52.6 Å². The quantitative estimate of drug-likeness (QED) is 0.311. The van der Waals surface area contributed by atoms with Crippen molar-refractivity contribution in [3.8, 4) is 0 Å². The Morgan fingerprint density at radius 3 is 2.19 bits per heavy atom. The molecule has 0 saturated carbocycles. The number of carbonyl (C=O) groups excluding carboxylic acids is 2. The van der Waals surface area contributed by atoms with Crippen LogP contribution in [0.1, 0.15) is 20.3 Å². The van der Waals surface area contributed by atoms with Crippen molar-refractivity contribution in [1.29, 1.82) is 0 Å². The van der Waals surface area contributed by atoms with Crippen molar-refractivity contribution in [3.63, 3.8) is 0 Å². The highest BCUT2D eigenvalue weighted by Gasteiger charge is 2.15. The molecule has 16 heavy (non-hydrogen) atoms. The molecule has 0 heterocycles. The Hall–Kier alpha value is -1.10. The van der Waals surface area contributed by atoms with Crippen molar-refractivity contribution in [1.82, 2.24) is 0 Å². The van der Waals surface area contributed by atoms with Crippen LogP contribution in [0.15, 0.2) is 11.8 Å². The molecule has 0 bridgehead atoms. The molecule has 0 atom stereocenters. The zero-order valence-electron chi connectivity index (χ0n) is 10.6. The summed E-state index contributed by atoms with van der Waals surface area (Å²) in [6, 6.07) is 0. The van der Waals surface area contributed by atoms with E-state index in [0.717, 1.165) is 5.76 Å². The predicted molar refractivity (Wildman–Crippen MR) is 64.4 cm³/mol. The summed E-state index contributed by atoms with van der Waals surface area (Å²) >= 11 is 0. The first-order valence-corrected chi connectivity index (χ1v) is 8.62. The van der Waals surface area contributed by atoms with Crippen LogP contribution < -0.4 is 0 Å². The van der Waals surface area contributed by atoms with Gasteiger partial charge in [-0.1, -0.05) is 0 Å². The van der Waals surface area contributed by atoms with Gasteiger partial charge in [0.05, 0.1) is 5.76 Å². The third-order valence-electron chi connectivity index (χ3n) is 1.48. The molecule has 0 spiro atoms. The van der Waals surface area contributed by atoms with Crippen molar-refractivity contribution in [2.75, 3.05) is 6.61 Å². The summed E-state index contributed by atoms with van der Waals surface area (Å²) in [7, 11) is -1.59. The van der Waals surface area contributed by atoms with Gasteiger partial charge in [0.1, 0.15) is 18.8 Å². The molecular weight excluding hydrogens is 224 g/mol. The second-order valence-electron chi connectivity index (χ2n) is 4.59. The van der Waals surface area contributed by atoms with Crippen molar-refractivity contribution < 1.29 is 18.8 Å². The Labute approximate surface area is 97.8 Å². The summed E-state index contributed by atoms with van der Waals surface area (Å²) in [5, 5.41) is 0. The maximum Gasteiger partial charge on any atom is 0.313 e. The minimum Gasteiger partial charge on any atom is -0.548 e. The summed E-state index contributed by atoms with van der Waals surface area (Å²) in [6.45, 7) is 9.57. The van der Waals surface area contributed by atoms with Gasteiger partial charge < -0.3 is 9.16 Å². The van der Waals surface area contributed by atoms with E-state index in [2.05, 4.69) is 19.6 Å². The number of hydrogen-bond acceptors (Lipinski definition) is 4. The third-order valence-corrected chi connectivity index (χ3v) is 2.41. The van der Waals surface area contributed by atoms with Gasteiger partial charge in [0.25, 0.3) is 0 Å². The first-order valence-electron chi connectivity index (χ1n) is 5.21. The number of Topliss-reactive ketones (excluding diaryl/α,β-unsaturated/α-hetero) is 1. The Morgan fingerprint density at radius 2 is 1.75 bits per heavy atom. The van der Waals surface area contributed by atoms with E-state index >= 15 is 0 Å². The second-order valence-corrected chi connectivity index (χ2v) is 9.02. The van der Waals surface area contributed by atoms with Gasteiger partial charge in [-0.25, -0.2) is 0 Å². The molecule has 0 aromatic heterocycles. The zero-order chi connectivity index (χ0) is 12.8. The summed E-state index contributed by atoms with van der Waals surface area (Å²) < 4.78 is 10.5. The van der Waals surface area contributed by atoms with E-state index in [1.165, 1.54) is 6.92 Å². The third kappa shape index (κ3) is 9.45. The summed E-state index contributed by atoms with van der Waals surface area (Å²) in [5.41, 5.74) is 0. The maximum atomic E-state index is 11.0. The molecule has 0 fully saturated rings. The lowest BCUT2D eigenvalue weighted by Gasteiger charge is -2.19. The predicted octanol–water partition coefficient (Wildman–Crippen LogP) is 2.26. The number of carbonyl (C=O) groups is 2. The van der Waals surface area contributed by atoms with Gasteiger partial charge in [-0.3, -0.25) is 9.59 Å². The Balaban J connectivity index is 3.91. The minimum absolute atomic E-state index is 0.155. The lowest BCUT2D eigenvalue weighted by atomic mass is 10.3. The lowest BCUT2D eigenvalue weighted by molar-refractivity contribution is -0.144. The van der Waals surface area contributed by atoms with Crippen LogP contribution in [-0.4, -0.2) is 26.7 Å². The lowest BCUT2D eigenvalue weighted by Crippen LogP contribution is -2.24. The Kier molecular flexibility index (Phi) is 6.03. The van der Waals surface area contributed by atoms with Gasteiger partial charge in [0.2, 0.25) is 8.32 Å². The van der Waals surface area contributed by atoms with Gasteiger partial charge in [0.15, 0.2) is 0 Å². The SMILES string of the molecule is CC(=O)CC(=O)OCC=C(C)O[Si](C)(C)C. The second kappa shape index (κ2) is 6.47. The molecule has 0 aliphatic heterocycles. The van der Waals surface area contributed by atoms with Crippen LogP contribution in [0.4, 0.5) is 0 Å². The van der Waals surface area contributed by atoms with Gasteiger partial charge in [-0.05, 0) is 39.6 Å². The highest BCUT2D eigenvalue weighted by atomic mass is 28.4.